The first-order valence-corrected chi connectivity index (χ1v) is 28.6. The zero-order valence-electron chi connectivity index (χ0n) is 5.86. The van der Waals surface area contributed by atoms with Gasteiger partial charge in [0.25, 0.3) is 0 Å². The summed E-state index contributed by atoms with van der Waals surface area (Å²) >= 11 is 0. The van der Waals surface area contributed by atoms with Crippen molar-refractivity contribution in [2.24, 2.45) is 0 Å². The molecule has 0 radical (unpaired) electrons. The molecule has 0 aliphatic rings. The van der Waals surface area contributed by atoms with E-state index in [0.717, 1.165) is 8.55 Å². The molecule has 0 nitrogen and oxygen atoms in total. The highest BCUT2D eigenvalue weighted by Crippen LogP contribution is 1.68. The molecule has 0 N–H and O–H groups in total. The SMILES string of the molecule is [SiH3][SiH2][SiH]([SiH3])[SiH]([SiH3])[SiH3]. The van der Waals surface area contributed by atoms with Gasteiger partial charge in [-0.05, 0) is 62.3 Å². The highest BCUT2D eigenvalue weighted by Gasteiger charge is 2.05. The monoisotopic (exact) mass is 212 g/mol. The van der Waals surface area contributed by atoms with E-state index in [0.29, 0.717) is 14.7 Å². The fourth-order valence-corrected chi connectivity index (χ4v) is 115. The van der Waals surface area contributed by atoms with E-state index in [2.05, 4.69) is 0 Å². The Kier molecular flexibility index (Phi) is 5.36. The standard InChI is InChI=1S/H16Si7/c1-5-7(4)6(2)3/h6-7H,5H2,1-4H3. The summed E-state index contributed by atoms with van der Waals surface area (Å²) in [5.74, 6) is 0. The lowest BCUT2D eigenvalue weighted by Crippen LogP contribution is -2.43. The summed E-state index contributed by atoms with van der Waals surface area (Å²) in [6, 6.07) is 0. The van der Waals surface area contributed by atoms with E-state index in [9.17, 15) is 0 Å². The van der Waals surface area contributed by atoms with E-state index in [1.807, 2.05) is 0 Å². The van der Waals surface area contributed by atoms with E-state index in [-0.39, 0.29) is 0 Å². The molecule has 0 aliphatic heterocycles. The van der Waals surface area contributed by atoms with Gasteiger partial charge in [0, 0.05) is 0 Å². The molecule has 0 bridgehead atoms. The largest absolute Gasteiger partial charge is 0.0119 e. The minimum Gasteiger partial charge on any atom is -0.0119 e. The molecule has 0 aromatic carbocycles. The summed E-state index contributed by atoms with van der Waals surface area (Å²) in [6.07, 6.45) is 0. The molecule has 0 rings (SSSR count). The summed E-state index contributed by atoms with van der Waals surface area (Å²) in [7, 11) is 8.28. The molecule has 7 heavy (non-hydrogen) atoms. The third-order valence-electron chi connectivity index (χ3n) is 1.78. The number of hydrogen-bond donors (Lipinski definition) is 0. The molecule has 0 aromatic rings. The fourth-order valence-electron chi connectivity index (χ4n) is 0.471. The van der Waals surface area contributed by atoms with E-state index in [1.165, 1.54) is 0 Å². The first-order valence-electron chi connectivity index (χ1n) is 3.18. The van der Waals surface area contributed by atoms with Crippen LogP contribution in [0.2, 0.25) is 0 Å². The highest BCUT2D eigenvalue weighted by molar-refractivity contribution is 7.81. The van der Waals surface area contributed by atoms with Crippen molar-refractivity contribution in [3.05, 3.63) is 0 Å². The summed E-state index contributed by atoms with van der Waals surface area (Å²) in [6.45, 7) is 0. The fraction of sp³-hybridized carbons (Fsp3) is 0. The Morgan fingerprint density at radius 2 is 1.57 bits per heavy atom. The molecule has 1 unspecified atom stereocenters. The van der Waals surface area contributed by atoms with Crippen LogP contribution in [0.1, 0.15) is 0 Å². The maximum absolute atomic E-state index is 1.74. The van der Waals surface area contributed by atoms with Crippen LogP contribution in [0, 0.1) is 0 Å². The van der Waals surface area contributed by atoms with Gasteiger partial charge in [-0.3, -0.25) is 0 Å². The van der Waals surface area contributed by atoms with Gasteiger partial charge in [0.15, 0.2) is 0 Å². The van der Waals surface area contributed by atoms with E-state index < -0.39 is 0 Å². The molecule has 0 saturated heterocycles. The topological polar surface area (TPSA) is 0 Å². The zero-order valence-corrected chi connectivity index (χ0v) is 17.6. The Morgan fingerprint density at radius 1 is 1.14 bits per heavy atom. The Bertz CT molecular complexity index is 37.3. The van der Waals surface area contributed by atoms with Crippen LogP contribution in [-0.2, 0) is 0 Å². The van der Waals surface area contributed by atoms with Gasteiger partial charge in [-0.1, -0.05) is 0 Å². The first-order chi connectivity index (χ1) is 3.18. The molecular weight excluding hydrogens is 197 g/mol. The third-order valence-corrected chi connectivity index (χ3v) is 144. The van der Waals surface area contributed by atoms with Crippen molar-refractivity contribution in [3.8, 4) is 0 Å². The molecule has 0 spiro atoms. The average Bonchev–Trinajstić information content (AvgIpc) is 1.65. The lowest BCUT2D eigenvalue weighted by molar-refractivity contribution is 3.70. The predicted molar refractivity (Wildman–Crippen MR) is 62.6 cm³/mol. The van der Waals surface area contributed by atoms with Crippen LogP contribution in [0.4, 0.5) is 0 Å². The second kappa shape index (κ2) is 4.40. The summed E-state index contributed by atoms with van der Waals surface area (Å²) in [4.78, 5) is 0. The van der Waals surface area contributed by atoms with Crippen LogP contribution < -0.4 is 0 Å². The summed E-state index contributed by atoms with van der Waals surface area (Å²) < 4.78 is 0. The lowest BCUT2D eigenvalue weighted by atomic mass is 26.0. The maximum atomic E-state index is 1.74. The zero-order chi connectivity index (χ0) is 5.86. The Hall–Kier alpha value is 1.52. The van der Waals surface area contributed by atoms with Crippen molar-refractivity contribution in [1.82, 2.24) is 0 Å². The molecule has 0 saturated carbocycles. The van der Waals surface area contributed by atoms with Crippen molar-refractivity contribution >= 4 is 62.3 Å². The van der Waals surface area contributed by atoms with Gasteiger partial charge in [-0.2, -0.15) is 0 Å². The van der Waals surface area contributed by atoms with Gasteiger partial charge >= 0.3 is 0 Å². The molecule has 7 heteroatoms. The normalized spacial score (nSPS) is 22.3. The van der Waals surface area contributed by atoms with Crippen molar-refractivity contribution in [2.75, 3.05) is 0 Å². The minimum absolute atomic E-state index is 0.310. The lowest BCUT2D eigenvalue weighted by Gasteiger charge is -2.06. The predicted octanol–water partition coefficient (Wildman–Crippen LogP) is -6.95. The van der Waals surface area contributed by atoms with Gasteiger partial charge in [0.2, 0.25) is 0 Å². The van der Waals surface area contributed by atoms with Gasteiger partial charge in [0.1, 0.15) is 0 Å². The van der Waals surface area contributed by atoms with Crippen molar-refractivity contribution in [2.45, 2.75) is 0 Å². The Morgan fingerprint density at radius 3 is 1.57 bits per heavy atom. The highest BCUT2D eigenvalue weighted by atomic mass is 30.1. The first kappa shape index (κ1) is 8.52. The molecule has 0 heterocycles. The average molecular weight is 213 g/mol. The van der Waals surface area contributed by atoms with Gasteiger partial charge in [-0.15, -0.1) is 0 Å². The minimum atomic E-state index is 0.310. The van der Waals surface area contributed by atoms with Gasteiger partial charge in [0.05, 0.1) is 0 Å². The van der Waals surface area contributed by atoms with E-state index in [4.69, 9.17) is 0 Å². The molecule has 0 aliphatic carbocycles. The van der Waals surface area contributed by atoms with Crippen LogP contribution in [-0.4, -0.2) is 62.3 Å². The molecule has 1 atom stereocenters. The summed E-state index contributed by atoms with van der Waals surface area (Å²) in [5, 5.41) is 0. The Labute approximate surface area is 62.3 Å². The van der Waals surface area contributed by atoms with E-state index in [1.54, 1.807) is 39.0 Å². The molecule has 0 amide bonds. The van der Waals surface area contributed by atoms with Crippen LogP contribution in [0.5, 0.6) is 0 Å². The maximum Gasteiger partial charge on any atom is -0.00711 e. The van der Waals surface area contributed by atoms with Crippen LogP contribution in [0.3, 0.4) is 0 Å². The van der Waals surface area contributed by atoms with Crippen molar-refractivity contribution in [1.29, 1.82) is 0 Å². The van der Waals surface area contributed by atoms with E-state index >= 15 is 0 Å². The van der Waals surface area contributed by atoms with Gasteiger partial charge < -0.3 is 0 Å². The molecule has 44 valence electrons. The van der Waals surface area contributed by atoms with Crippen LogP contribution >= 0.6 is 0 Å². The molecule has 0 fully saturated rings. The van der Waals surface area contributed by atoms with Crippen molar-refractivity contribution in [3.63, 3.8) is 0 Å². The molecule has 0 aromatic heterocycles. The van der Waals surface area contributed by atoms with Crippen LogP contribution in [0.15, 0.2) is 0 Å². The van der Waals surface area contributed by atoms with Crippen LogP contribution in [0.25, 0.3) is 0 Å². The van der Waals surface area contributed by atoms with Crippen molar-refractivity contribution < 1.29 is 0 Å². The van der Waals surface area contributed by atoms with Gasteiger partial charge in [-0.25, -0.2) is 0 Å². The number of hydrogen-bond acceptors (Lipinski definition) is 0. The second-order valence-corrected chi connectivity index (χ2v) is 71.0. The molecular formula is H16Si7. The number of rotatable bonds is 2. The second-order valence-electron chi connectivity index (χ2n) is 2.63. The Balaban J connectivity index is 3.14. The smallest absolute Gasteiger partial charge is 0.00711 e. The summed E-state index contributed by atoms with van der Waals surface area (Å²) in [5.41, 5.74) is 0. The quantitative estimate of drug-likeness (QED) is 0.400. The third kappa shape index (κ3) is 4.05.